The van der Waals surface area contributed by atoms with Crippen molar-refractivity contribution in [1.82, 2.24) is 40.7 Å². The minimum absolute atomic E-state index is 0.194. The third-order valence-electron chi connectivity index (χ3n) is 7.42. The lowest BCUT2D eigenvalue weighted by Crippen LogP contribution is -2.54. The fraction of sp³-hybridized carbons (Fsp3) is 0.385. The Morgan fingerprint density at radius 3 is 2.68 bits per heavy atom. The summed E-state index contributed by atoms with van der Waals surface area (Å²) in [6, 6.07) is 10.3. The third kappa shape index (κ3) is 4.06. The van der Waals surface area contributed by atoms with Crippen LogP contribution in [0.1, 0.15) is 33.7 Å². The van der Waals surface area contributed by atoms with Crippen molar-refractivity contribution < 1.29 is 4.79 Å². The maximum Gasteiger partial charge on any atom is 0.255 e. The zero-order chi connectivity index (χ0) is 26.6. The molecule has 1 unspecified atom stereocenters. The molecule has 2 aliphatic rings. The fourth-order valence-corrected chi connectivity index (χ4v) is 5.53. The molecule has 0 spiro atoms. The minimum Gasteiger partial charge on any atom is -0.354 e. The number of allylic oxidation sites excluding steroid dienone is 1. The van der Waals surface area contributed by atoms with E-state index >= 15 is 0 Å². The van der Waals surface area contributed by atoms with Gasteiger partial charge in [0.1, 0.15) is 11.5 Å². The van der Waals surface area contributed by atoms with Gasteiger partial charge >= 0.3 is 0 Å². The van der Waals surface area contributed by atoms with Crippen LogP contribution in [0.25, 0.3) is 22.2 Å². The van der Waals surface area contributed by atoms with E-state index in [1.165, 1.54) is 0 Å². The van der Waals surface area contributed by atoms with Crippen molar-refractivity contribution >= 4 is 34.3 Å². The smallest absolute Gasteiger partial charge is 0.255 e. The summed E-state index contributed by atoms with van der Waals surface area (Å²) in [5, 5.41) is 27.2. The number of hydrogen-bond acceptors (Lipinski definition) is 9. The number of pyridine rings is 1. The SMILES string of the molecule is CC1=C(C(=O)Nc2ccc3[nH]nc(-c4ccnc(N5C[C@@H](C)N[C@@H](C)C5)c4)c3c2)C(C)n2nnnc2N1C. The molecule has 1 saturated heterocycles. The molecule has 0 radical (unpaired) electrons. The number of hydrogen-bond donors (Lipinski definition) is 3. The van der Waals surface area contributed by atoms with Crippen molar-refractivity contribution in [1.29, 1.82) is 0 Å². The van der Waals surface area contributed by atoms with Crippen LogP contribution in [0.2, 0.25) is 0 Å². The molecule has 5 heterocycles. The summed E-state index contributed by atoms with van der Waals surface area (Å²) in [6.07, 6.45) is 1.83. The second-order valence-electron chi connectivity index (χ2n) is 10.2. The molecule has 1 fully saturated rings. The lowest BCUT2D eigenvalue weighted by atomic mass is 10.0. The summed E-state index contributed by atoms with van der Waals surface area (Å²) >= 11 is 0. The number of carbonyl (C=O) groups excluding carboxylic acids is 1. The largest absolute Gasteiger partial charge is 0.354 e. The summed E-state index contributed by atoms with van der Waals surface area (Å²) in [7, 11) is 1.85. The van der Waals surface area contributed by atoms with Gasteiger partial charge in [-0.2, -0.15) is 5.10 Å². The zero-order valence-electron chi connectivity index (χ0n) is 22.1. The van der Waals surface area contributed by atoms with Crippen molar-refractivity contribution in [3.63, 3.8) is 0 Å². The second-order valence-corrected chi connectivity index (χ2v) is 10.2. The average Bonchev–Trinajstić information content (AvgIpc) is 3.55. The number of piperazine rings is 1. The van der Waals surface area contributed by atoms with E-state index in [1.807, 2.05) is 56.3 Å². The molecule has 3 N–H and O–H groups in total. The Hall–Kier alpha value is -4.32. The number of fused-ring (bicyclic) bond motifs is 2. The Morgan fingerprint density at radius 1 is 1.11 bits per heavy atom. The molecule has 0 aliphatic carbocycles. The number of nitrogens with zero attached hydrogens (tertiary/aromatic N) is 8. The van der Waals surface area contributed by atoms with Crippen LogP contribution in [0.5, 0.6) is 0 Å². The van der Waals surface area contributed by atoms with Crippen LogP contribution in [0.4, 0.5) is 17.5 Å². The van der Waals surface area contributed by atoms with Gasteiger partial charge in [0, 0.05) is 60.8 Å². The van der Waals surface area contributed by atoms with Crippen LogP contribution >= 0.6 is 0 Å². The first-order valence-corrected chi connectivity index (χ1v) is 12.8. The lowest BCUT2D eigenvalue weighted by Gasteiger charge is -2.37. The second kappa shape index (κ2) is 9.21. The number of carbonyl (C=O) groups is 1. The van der Waals surface area contributed by atoms with Crippen LogP contribution in [0.15, 0.2) is 47.8 Å². The maximum atomic E-state index is 13.4. The van der Waals surface area contributed by atoms with Crippen LogP contribution in [0.3, 0.4) is 0 Å². The van der Waals surface area contributed by atoms with Crippen molar-refractivity contribution in [2.75, 3.05) is 35.3 Å². The van der Waals surface area contributed by atoms with Crippen LogP contribution in [-0.4, -0.2) is 73.5 Å². The number of rotatable bonds is 4. The normalized spacial score (nSPS) is 21.7. The van der Waals surface area contributed by atoms with E-state index in [4.69, 9.17) is 0 Å². The van der Waals surface area contributed by atoms with E-state index in [9.17, 15) is 4.79 Å². The number of tetrazole rings is 1. The first-order valence-electron chi connectivity index (χ1n) is 12.8. The highest BCUT2D eigenvalue weighted by Crippen LogP contribution is 2.34. The number of anilines is 3. The Balaban J connectivity index is 1.29. The highest BCUT2D eigenvalue weighted by Gasteiger charge is 2.32. The number of amides is 1. The van der Waals surface area contributed by atoms with Crippen molar-refractivity contribution in [2.45, 2.75) is 45.8 Å². The van der Waals surface area contributed by atoms with E-state index in [0.29, 0.717) is 29.3 Å². The Bertz CT molecular complexity index is 1540. The lowest BCUT2D eigenvalue weighted by molar-refractivity contribution is -0.113. The predicted octanol–water partition coefficient (Wildman–Crippen LogP) is 2.72. The summed E-state index contributed by atoms with van der Waals surface area (Å²) in [5.41, 5.74) is 4.77. The molecule has 0 saturated carbocycles. The number of nitrogens with one attached hydrogen (secondary N) is 3. The number of aromatic amines is 1. The minimum atomic E-state index is -0.296. The van der Waals surface area contributed by atoms with Gasteiger partial charge < -0.3 is 20.4 Å². The molecule has 12 nitrogen and oxygen atoms in total. The van der Waals surface area contributed by atoms with Crippen LogP contribution < -0.4 is 20.4 Å². The average molecular weight is 514 g/mol. The summed E-state index contributed by atoms with van der Waals surface area (Å²) < 4.78 is 1.65. The van der Waals surface area contributed by atoms with Gasteiger partial charge in [-0.3, -0.25) is 9.89 Å². The van der Waals surface area contributed by atoms with Crippen LogP contribution in [-0.2, 0) is 4.79 Å². The first-order chi connectivity index (χ1) is 18.3. The molecule has 6 rings (SSSR count). The maximum absolute atomic E-state index is 13.4. The van der Waals surface area contributed by atoms with E-state index < -0.39 is 0 Å². The monoisotopic (exact) mass is 513 g/mol. The summed E-state index contributed by atoms with van der Waals surface area (Å²) in [5.74, 6) is 1.35. The van der Waals surface area contributed by atoms with E-state index in [1.54, 1.807) is 4.68 Å². The predicted molar refractivity (Wildman–Crippen MR) is 146 cm³/mol. The van der Waals surface area contributed by atoms with Gasteiger partial charge in [-0.1, -0.05) is 5.10 Å². The summed E-state index contributed by atoms with van der Waals surface area (Å²) in [4.78, 5) is 22.2. The van der Waals surface area contributed by atoms with Gasteiger partial charge in [-0.25, -0.2) is 9.67 Å². The highest BCUT2D eigenvalue weighted by atomic mass is 16.1. The van der Waals surface area contributed by atoms with Gasteiger partial charge in [0.2, 0.25) is 5.95 Å². The molecular formula is C26H31N11O. The van der Waals surface area contributed by atoms with Gasteiger partial charge in [0.25, 0.3) is 5.91 Å². The van der Waals surface area contributed by atoms with Crippen molar-refractivity contribution in [2.24, 2.45) is 0 Å². The third-order valence-corrected chi connectivity index (χ3v) is 7.42. The topological polar surface area (TPSA) is 133 Å². The molecule has 196 valence electrons. The molecule has 3 aromatic heterocycles. The van der Waals surface area contributed by atoms with E-state index in [-0.39, 0.29) is 11.9 Å². The van der Waals surface area contributed by atoms with Gasteiger partial charge in [-0.15, -0.1) is 0 Å². The number of H-pyrrole nitrogens is 1. The zero-order valence-corrected chi connectivity index (χ0v) is 22.1. The van der Waals surface area contributed by atoms with Gasteiger partial charge in [0.15, 0.2) is 0 Å². The first kappa shape index (κ1) is 24.0. The summed E-state index contributed by atoms with van der Waals surface area (Å²) in [6.45, 7) is 10.00. The van der Waals surface area contributed by atoms with Crippen molar-refractivity contribution in [3.8, 4) is 11.3 Å². The molecule has 1 aromatic carbocycles. The van der Waals surface area contributed by atoms with Crippen molar-refractivity contribution in [3.05, 3.63) is 47.8 Å². The Morgan fingerprint density at radius 2 is 1.89 bits per heavy atom. The van der Waals surface area contributed by atoms with Gasteiger partial charge in [-0.05, 0) is 68.5 Å². The molecule has 2 aliphatic heterocycles. The molecule has 3 atom stereocenters. The number of benzene rings is 1. The van der Waals surface area contributed by atoms with E-state index in [0.717, 1.165) is 46.8 Å². The molecule has 4 aromatic rings. The standard InChI is InChI=1S/C26H31N11O/c1-14-12-36(13-15(2)28-14)22-10-18(8-9-27-22)24-20-11-19(6-7-21(20)30-31-24)29-25(38)23-16(3)35(5)26-32-33-34-37(26)17(23)4/h6-11,14-15,17,28H,12-13H2,1-5H3,(H,29,38)(H,30,31)/t14-,15+,17?. The number of aromatic nitrogens is 7. The quantitative estimate of drug-likeness (QED) is 0.377. The molecule has 1 amide bonds. The molecular weight excluding hydrogens is 482 g/mol. The van der Waals surface area contributed by atoms with E-state index in [2.05, 4.69) is 66.2 Å². The van der Waals surface area contributed by atoms with Gasteiger partial charge in [0.05, 0.1) is 17.1 Å². The molecule has 12 heteroatoms. The Kier molecular flexibility index (Phi) is 5.83. The Labute approximate surface area is 220 Å². The fourth-order valence-electron chi connectivity index (χ4n) is 5.53. The highest BCUT2D eigenvalue weighted by molar-refractivity contribution is 6.07. The molecule has 0 bridgehead atoms. The van der Waals surface area contributed by atoms with Crippen LogP contribution in [0, 0.1) is 0 Å². The molecule has 38 heavy (non-hydrogen) atoms.